The van der Waals surface area contributed by atoms with Crippen LogP contribution in [0, 0.1) is 17.8 Å². The number of ketones is 1. The number of ether oxygens (including phenoxy) is 5. The van der Waals surface area contributed by atoms with E-state index in [4.69, 9.17) is 29.4 Å². The second-order valence-electron chi connectivity index (χ2n) is 18.0. The van der Waals surface area contributed by atoms with Gasteiger partial charge in [0.2, 0.25) is 0 Å². The van der Waals surface area contributed by atoms with Gasteiger partial charge in [-0.1, -0.05) is 38.1 Å². The van der Waals surface area contributed by atoms with Crippen LogP contribution < -0.4 is 11.1 Å². The number of methoxy groups -OCH3 is 1. The lowest BCUT2D eigenvalue weighted by atomic mass is 9.78. The number of carbonyl (C=O) groups is 3. The maximum atomic E-state index is 14.5. The van der Waals surface area contributed by atoms with Gasteiger partial charge in [0, 0.05) is 55.8 Å². The van der Waals surface area contributed by atoms with E-state index < -0.39 is 71.5 Å². The first-order valence-corrected chi connectivity index (χ1v) is 21.9. The number of aliphatic hydroxyl groups is 1. The molecule has 1 aromatic carbocycles. The third kappa shape index (κ3) is 9.99. The van der Waals surface area contributed by atoms with Crippen LogP contribution in [0.1, 0.15) is 93.5 Å². The van der Waals surface area contributed by atoms with Gasteiger partial charge in [0.15, 0.2) is 17.7 Å². The smallest absolute Gasteiger partial charge is 0.410 e. The Balaban J connectivity index is 1.22. The second kappa shape index (κ2) is 19.4. The fourth-order valence-electron chi connectivity index (χ4n) is 9.80. The van der Waals surface area contributed by atoms with Crippen molar-refractivity contribution in [1.82, 2.24) is 29.8 Å². The highest BCUT2D eigenvalue weighted by molar-refractivity contribution is 6.00. The van der Waals surface area contributed by atoms with Gasteiger partial charge < -0.3 is 44.4 Å². The molecule has 3 aliphatic rings. The lowest BCUT2D eigenvalue weighted by Gasteiger charge is -2.46. The molecular weight excluding hydrogens is 783 g/mol. The Labute approximate surface area is 359 Å². The number of nitrogens with one attached hydrogen (secondary N) is 1. The normalized spacial score (nSPS) is 35.5. The number of benzene rings is 1. The number of hydrogen-bond donors (Lipinski definition) is 3. The summed E-state index contributed by atoms with van der Waals surface area (Å²) in [6.45, 7) is 16.4. The SMILES string of the molecule is CC[C@H]1OC(=O)[C@H](C)C(=O)[C@H](C)[C@@H](O[C@@H]2O[C@H](C)CC(n3cccc3)C2O)[C@](C)(OC)C[C@@H](C)CN[C@H](C)[C@H]2N(CCCCn3cc(-c4cccc(N)c4)nn3)C(=O)O[C@]12C. The summed E-state index contributed by atoms with van der Waals surface area (Å²) in [5.41, 5.74) is 5.93. The molecule has 0 bridgehead atoms. The molecule has 5 heterocycles. The largest absolute Gasteiger partial charge is 0.458 e. The molecule has 1 amide bonds. The number of rotatable bonds is 11. The number of Topliss-reactive ketones (excluding diaryl/α,β-unsaturated/α-hetero) is 1. The first kappa shape index (κ1) is 46.2. The highest BCUT2D eigenvalue weighted by Gasteiger charge is 2.58. The standard InChI is InChI=1S/C45H67N7O9/c1-10-36-45(8)39(52(43(56)61-45)21-14-13-20-51-26-34(48-49-51)32-16-15-17-33(46)23-32)31(6)47-25-27(2)24-44(7,57-9)40(29(4)37(53)30(5)41(55)59-36)60-42-38(54)35(22-28(3)58-42)50-18-11-12-19-50/h11-12,15-19,23,26-31,35-36,38-40,42,47,54H,10,13-14,20-22,24-25,46H2,1-9H3/t27-,28-,29+,30-,31-,35?,36-,38?,39-,40-,42+,44-,45-/m1/s1. The first-order chi connectivity index (χ1) is 29.0. The monoisotopic (exact) mass is 850 g/mol. The van der Waals surface area contributed by atoms with Crippen molar-refractivity contribution in [2.45, 2.75) is 154 Å². The second-order valence-corrected chi connectivity index (χ2v) is 18.0. The van der Waals surface area contributed by atoms with Gasteiger partial charge in [-0.05, 0) is 103 Å². The van der Waals surface area contributed by atoms with Crippen molar-refractivity contribution in [2.75, 3.05) is 25.9 Å². The van der Waals surface area contributed by atoms with Gasteiger partial charge in [0.25, 0.3) is 0 Å². The van der Waals surface area contributed by atoms with E-state index in [2.05, 4.69) is 22.6 Å². The third-order valence-electron chi connectivity index (χ3n) is 13.2. The van der Waals surface area contributed by atoms with E-state index in [1.165, 1.54) is 6.92 Å². The number of hydrogen-bond acceptors (Lipinski definition) is 13. The predicted molar refractivity (Wildman–Crippen MR) is 228 cm³/mol. The van der Waals surface area contributed by atoms with Crippen LogP contribution >= 0.6 is 0 Å². The number of anilines is 1. The van der Waals surface area contributed by atoms with Gasteiger partial charge in [0.05, 0.1) is 36.1 Å². The number of amides is 1. The third-order valence-corrected chi connectivity index (χ3v) is 13.2. The van der Waals surface area contributed by atoms with E-state index >= 15 is 0 Å². The Hall–Kier alpha value is -4.35. The molecule has 0 saturated carbocycles. The molecule has 3 aliphatic heterocycles. The molecule has 336 valence electrons. The molecule has 0 spiro atoms. The van der Waals surface area contributed by atoms with Crippen LogP contribution in [0.3, 0.4) is 0 Å². The van der Waals surface area contributed by atoms with Crippen molar-refractivity contribution in [3.05, 3.63) is 55.0 Å². The number of nitrogens with zero attached hydrogens (tertiary/aromatic N) is 5. The molecule has 16 nitrogen and oxygen atoms in total. The molecule has 13 atom stereocenters. The minimum Gasteiger partial charge on any atom is -0.458 e. The summed E-state index contributed by atoms with van der Waals surface area (Å²) in [6.07, 6.45) is 3.78. The summed E-state index contributed by atoms with van der Waals surface area (Å²) in [5.74, 6) is -3.21. The molecule has 61 heavy (non-hydrogen) atoms. The molecule has 0 aliphatic carbocycles. The molecular formula is C45H67N7O9. The highest BCUT2D eigenvalue weighted by Crippen LogP contribution is 2.41. The molecule has 3 saturated heterocycles. The van der Waals surface area contributed by atoms with E-state index in [9.17, 15) is 19.5 Å². The van der Waals surface area contributed by atoms with Gasteiger partial charge in [0.1, 0.15) is 23.8 Å². The zero-order chi connectivity index (χ0) is 44.2. The number of aliphatic hydroxyl groups excluding tert-OH is 1. The van der Waals surface area contributed by atoms with Crippen molar-refractivity contribution >= 4 is 23.5 Å². The molecule has 2 aromatic heterocycles. The minimum atomic E-state index is -1.24. The molecule has 4 N–H and O–H groups in total. The van der Waals surface area contributed by atoms with Crippen LogP contribution in [-0.4, -0.2) is 122 Å². The summed E-state index contributed by atoms with van der Waals surface area (Å²) < 4.78 is 35.4. The number of carbonyl (C=O) groups excluding carboxylic acids is 3. The van der Waals surface area contributed by atoms with E-state index in [0.717, 1.165) is 11.3 Å². The number of unbranched alkanes of at least 4 members (excludes halogenated alkanes) is 1. The van der Waals surface area contributed by atoms with Crippen LogP contribution in [0.2, 0.25) is 0 Å². The topological polar surface area (TPSA) is 195 Å². The van der Waals surface area contributed by atoms with Crippen LogP contribution in [-0.2, 0) is 39.8 Å². The minimum absolute atomic E-state index is 0.0235. The van der Waals surface area contributed by atoms with Gasteiger partial charge in [-0.25, -0.2) is 4.79 Å². The van der Waals surface area contributed by atoms with E-state index in [0.29, 0.717) is 57.4 Å². The van der Waals surface area contributed by atoms with E-state index in [-0.39, 0.29) is 24.1 Å². The van der Waals surface area contributed by atoms with Crippen LogP contribution in [0.15, 0.2) is 55.0 Å². The Bertz CT molecular complexity index is 1940. The average molecular weight is 850 g/mol. The van der Waals surface area contributed by atoms with Gasteiger partial charge in [-0.15, -0.1) is 5.10 Å². The number of nitrogen functional groups attached to an aromatic ring is 1. The predicted octanol–water partition coefficient (Wildman–Crippen LogP) is 5.40. The van der Waals surface area contributed by atoms with E-state index in [1.807, 2.05) is 94.2 Å². The fourth-order valence-corrected chi connectivity index (χ4v) is 9.80. The van der Waals surface area contributed by atoms with Gasteiger partial charge >= 0.3 is 12.1 Å². The molecule has 16 heteroatoms. The maximum absolute atomic E-state index is 14.5. The van der Waals surface area contributed by atoms with Crippen molar-refractivity contribution in [3.8, 4) is 11.3 Å². The summed E-state index contributed by atoms with van der Waals surface area (Å²) in [4.78, 5) is 44.1. The molecule has 0 radical (unpaired) electrons. The number of cyclic esters (lactones) is 1. The molecule has 2 unspecified atom stereocenters. The van der Waals surface area contributed by atoms with Crippen LogP contribution in [0.25, 0.3) is 11.3 Å². The highest BCUT2D eigenvalue weighted by atomic mass is 16.7. The number of nitrogens with two attached hydrogens (primary N) is 1. The van der Waals surface area contributed by atoms with Gasteiger partial charge in [-0.3, -0.25) is 19.2 Å². The number of aromatic nitrogens is 4. The van der Waals surface area contributed by atoms with Crippen molar-refractivity contribution < 1.29 is 43.2 Å². The summed E-state index contributed by atoms with van der Waals surface area (Å²) in [7, 11) is 1.59. The van der Waals surface area contributed by atoms with E-state index in [1.54, 1.807) is 23.6 Å². The lowest BCUT2D eigenvalue weighted by molar-refractivity contribution is -0.294. The Kier molecular flexibility index (Phi) is 14.7. The van der Waals surface area contributed by atoms with Crippen LogP contribution in [0.4, 0.5) is 10.5 Å². The zero-order valence-electron chi connectivity index (χ0n) is 37.2. The van der Waals surface area contributed by atoms with Crippen molar-refractivity contribution in [2.24, 2.45) is 17.8 Å². The number of fused-ring (bicyclic) bond motifs is 1. The van der Waals surface area contributed by atoms with Gasteiger partial charge in [-0.2, -0.15) is 0 Å². The Morgan fingerprint density at radius 1 is 1.03 bits per heavy atom. The summed E-state index contributed by atoms with van der Waals surface area (Å²) in [6, 6.07) is 10.2. The Morgan fingerprint density at radius 3 is 2.44 bits per heavy atom. The summed E-state index contributed by atoms with van der Waals surface area (Å²) in [5, 5.41) is 24.0. The molecule has 3 aromatic rings. The average Bonchev–Trinajstić information content (AvgIpc) is 4.00. The lowest BCUT2D eigenvalue weighted by Crippen LogP contribution is -2.61. The maximum Gasteiger partial charge on any atom is 0.410 e. The van der Waals surface area contributed by atoms with Crippen molar-refractivity contribution in [1.29, 1.82) is 0 Å². The first-order valence-electron chi connectivity index (χ1n) is 21.9. The molecule has 6 rings (SSSR count). The summed E-state index contributed by atoms with van der Waals surface area (Å²) >= 11 is 0. The van der Waals surface area contributed by atoms with Crippen molar-refractivity contribution in [3.63, 3.8) is 0 Å². The Morgan fingerprint density at radius 2 is 1.75 bits per heavy atom. The molecule has 3 fully saturated rings. The number of aryl methyl sites for hydroxylation is 1. The number of esters is 1. The van der Waals surface area contributed by atoms with Crippen LogP contribution in [0.5, 0.6) is 0 Å². The fraction of sp³-hybridized carbons (Fsp3) is 0.667. The quantitative estimate of drug-likeness (QED) is 0.0963. The zero-order valence-corrected chi connectivity index (χ0v) is 37.2.